The molecule has 1 aromatic heterocycles. The second kappa shape index (κ2) is 33.5. The first-order valence-corrected chi connectivity index (χ1v) is 27.6. The van der Waals surface area contributed by atoms with Crippen LogP contribution in [0.25, 0.3) is 0 Å². The van der Waals surface area contributed by atoms with E-state index in [-0.39, 0.29) is 54.3 Å². The van der Waals surface area contributed by atoms with E-state index >= 15 is 0 Å². The summed E-state index contributed by atoms with van der Waals surface area (Å²) in [5, 5.41) is 39.7. The van der Waals surface area contributed by atoms with Crippen molar-refractivity contribution in [3.05, 3.63) is 45.9 Å². The topological polar surface area (TPSA) is 359 Å². The quantitative estimate of drug-likeness (QED) is 0.0206. The van der Waals surface area contributed by atoms with E-state index in [0.29, 0.717) is 36.9 Å². The number of anilines is 1. The average molecular weight is 1140 g/mol. The number of hydrogen-bond donors (Lipinski definition) is 10. The van der Waals surface area contributed by atoms with Gasteiger partial charge in [-0.05, 0) is 89.1 Å². The van der Waals surface area contributed by atoms with Crippen molar-refractivity contribution in [2.24, 2.45) is 23.0 Å². The molecule has 25 nitrogen and oxygen atoms in total. The van der Waals surface area contributed by atoms with Crippen LogP contribution in [-0.2, 0) is 59.1 Å². The maximum atomic E-state index is 14.8. The van der Waals surface area contributed by atoms with Crippen molar-refractivity contribution in [3.63, 3.8) is 0 Å². The summed E-state index contributed by atoms with van der Waals surface area (Å²) in [6.45, 7) is 10.1. The van der Waals surface area contributed by atoms with Crippen molar-refractivity contribution >= 4 is 76.2 Å². The molecule has 0 spiro atoms. The summed E-state index contributed by atoms with van der Waals surface area (Å²) in [7, 11) is 1.89. The standard InChI is InChI=1S/C54H81N11O14S/c1-10-12-15-22-78-65(52(75)47(33(5)11-2)63-50(74)40-16-13-14-21-64(40)9)41(32(3)4)24-42(79-34(6)67)51-62-39(31-80-51)49(73)61-37(25-54(7,8)53(76)77)23-35-17-19-36(20-18-35)60-46(71)29-58-44(69)27-56-43(68)26-57-45(70)28-59-48(72)38(55)30-66/h1,17-20,31-33,37-38,40-42,47,66H,11-16,21-30,55H2,2-9H3,(H,56,68)(H,57,70)(H,58,69)(H,59,72)(H,60,71)(H,61,73)(H,63,74)(H,76,77)/t33-,37-,38-,40+,41+,42+,47-/m0/s1. The number of esters is 1. The van der Waals surface area contributed by atoms with Crippen LogP contribution in [0.3, 0.4) is 0 Å². The Hall–Kier alpha value is -7.05. The average Bonchev–Trinajstić information content (AvgIpc) is 3.96. The van der Waals surface area contributed by atoms with Crippen LogP contribution in [0.5, 0.6) is 0 Å². The molecule has 0 radical (unpaired) electrons. The third-order valence-corrected chi connectivity index (χ3v) is 14.2. The number of ether oxygens (including phenoxy) is 1. The van der Waals surface area contributed by atoms with Gasteiger partial charge in [-0.2, -0.15) is 0 Å². The molecule has 2 heterocycles. The second-order valence-electron chi connectivity index (χ2n) is 20.7. The van der Waals surface area contributed by atoms with Crippen molar-refractivity contribution in [1.29, 1.82) is 0 Å². The van der Waals surface area contributed by atoms with E-state index in [0.717, 1.165) is 30.7 Å². The molecule has 1 aliphatic heterocycles. The highest BCUT2D eigenvalue weighted by molar-refractivity contribution is 7.09. The fraction of sp³-hybridized carbons (Fsp3) is 0.611. The van der Waals surface area contributed by atoms with Crippen molar-refractivity contribution in [1.82, 2.24) is 46.8 Å². The van der Waals surface area contributed by atoms with Crippen LogP contribution < -0.4 is 43.0 Å². The van der Waals surface area contributed by atoms with Gasteiger partial charge in [0.15, 0.2) is 6.10 Å². The number of benzene rings is 1. The van der Waals surface area contributed by atoms with E-state index in [2.05, 4.69) is 48.1 Å². The van der Waals surface area contributed by atoms with Gasteiger partial charge in [0.25, 0.3) is 11.8 Å². The number of nitrogens with one attached hydrogen (secondary N) is 7. The van der Waals surface area contributed by atoms with E-state index in [4.69, 9.17) is 26.8 Å². The van der Waals surface area contributed by atoms with Crippen LogP contribution in [0.1, 0.15) is 127 Å². The number of amides is 8. The zero-order valence-corrected chi connectivity index (χ0v) is 47.8. The molecule has 1 aliphatic rings. The van der Waals surface area contributed by atoms with Crippen molar-refractivity contribution < 1.29 is 67.7 Å². The summed E-state index contributed by atoms with van der Waals surface area (Å²) >= 11 is 1.06. The van der Waals surface area contributed by atoms with Crippen LogP contribution in [0.4, 0.5) is 5.69 Å². The van der Waals surface area contributed by atoms with Gasteiger partial charge in [0.2, 0.25) is 35.4 Å². The Kier molecular flexibility index (Phi) is 28.2. The minimum Gasteiger partial charge on any atom is -0.481 e. The number of piperidine rings is 1. The molecule has 0 saturated carbocycles. The number of rotatable bonds is 33. The van der Waals surface area contributed by atoms with Crippen LogP contribution in [0.2, 0.25) is 0 Å². The number of aliphatic carboxylic acids is 1. The molecular formula is C54H81N11O14S. The summed E-state index contributed by atoms with van der Waals surface area (Å²) in [5.74, 6) is -4.61. The van der Waals surface area contributed by atoms with Crippen LogP contribution in [0, 0.1) is 29.6 Å². The van der Waals surface area contributed by atoms with E-state index in [1.54, 1.807) is 24.3 Å². The molecular weight excluding hydrogens is 1060 g/mol. The highest BCUT2D eigenvalue weighted by Gasteiger charge is 2.40. The van der Waals surface area contributed by atoms with Gasteiger partial charge in [0, 0.05) is 36.9 Å². The summed E-state index contributed by atoms with van der Waals surface area (Å²) in [6, 6.07) is 2.46. The summed E-state index contributed by atoms with van der Waals surface area (Å²) in [5.41, 5.74) is 5.03. The van der Waals surface area contributed by atoms with E-state index in [9.17, 15) is 53.1 Å². The SMILES string of the molecule is C#CCCCON(C(=O)[C@@H](NC(=O)[C@H]1CCCCN1C)[C@@H](C)CC)[C@H](C[C@@H](OC(C)=O)c1nc(C(=O)N[C@@H](Cc2ccc(NC(=O)CNC(=O)CNC(=O)CNC(=O)CNC(=O)[C@@H](N)CO)cc2)CC(C)(C)C(=O)O)cs1)C(C)C. The molecule has 1 saturated heterocycles. The number of nitrogens with two attached hydrogens (primary N) is 1. The maximum Gasteiger partial charge on any atom is 0.309 e. The highest BCUT2D eigenvalue weighted by Crippen LogP contribution is 2.33. The zero-order valence-electron chi connectivity index (χ0n) is 47.0. The Bertz CT molecular complexity index is 2480. The predicted molar refractivity (Wildman–Crippen MR) is 296 cm³/mol. The molecule has 1 fully saturated rings. The fourth-order valence-electron chi connectivity index (χ4n) is 8.39. The minimum atomic E-state index is -1.29. The summed E-state index contributed by atoms with van der Waals surface area (Å²) < 4.78 is 5.86. The number of nitrogens with zero attached hydrogens (tertiary/aromatic N) is 3. The monoisotopic (exact) mass is 1140 g/mol. The normalized spacial score (nSPS) is 15.8. The first kappa shape index (κ1) is 67.2. The molecule has 442 valence electrons. The third kappa shape index (κ3) is 22.6. The number of terminal acetylenes is 1. The van der Waals surface area contributed by atoms with Gasteiger partial charge in [0.05, 0.1) is 56.9 Å². The lowest BCUT2D eigenvalue weighted by Crippen LogP contribution is -2.58. The molecule has 11 N–H and O–H groups in total. The lowest BCUT2D eigenvalue weighted by molar-refractivity contribution is -0.213. The van der Waals surface area contributed by atoms with Crippen LogP contribution in [-0.4, -0.2) is 168 Å². The third-order valence-electron chi connectivity index (χ3n) is 13.3. The largest absolute Gasteiger partial charge is 0.481 e. The molecule has 0 aliphatic carbocycles. The number of aromatic nitrogens is 1. The van der Waals surface area contributed by atoms with Crippen molar-refractivity contribution in [3.8, 4) is 12.3 Å². The van der Waals surface area contributed by atoms with Gasteiger partial charge < -0.3 is 57.9 Å². The van der Waals surface area contributed by atoms with Crippen molar-refractivity contribution in [2.75, 3.05) is 58.3 Å². The highest BCUT2D eigenvalue weighted by atomic mass is 32.1. The van der Waals surface area contributed by atoms with Crippen molar-refractivity contribution in [2.45, 2.75) is 143 Å². The number of likely N-dealkylation sites (N-methyl/N-ethyl adjacent to an activating group) is 1. The van der Waals surface area contributed by atoms with Gasteiger partial charge in [-0.25, -0.2) is 10.0 Å². The number of aliphatic hydroxyl groups is 1. The number of thiazole rings is 1. The van der Waals surface area contributed by atoms with Gasteiger partial charge in [-0.1, -0.05) is 52.7 Å². The van der Waals surface area contributed by atoms with Gasteiger partial charge in [-0.3, -0.25) is 57.7 Å². The fourth-order valence-corrected chi connectivity index (χ4v) is 9.23. The number of hydrogen-bond acceptors (Lipinski definition) is 17. The van der Waals surface area contributed by atoms with Crippen LogP contribution >= 0.6 is 11.3 Å². The summed E-state index contributed by atoms with van der Waals surface area (Å²) in [4.78, 5) is 141. The predicted octanol–water partition coefficient (Wildman–Crippen LogP) is 0.916. The lowest BCUT2D eigenvalue weighted by atomic mass is 9.84. The maximum absolute atomic E-state index is 14.8. The first-order valence-electron chi connectivity index (χ1n) is 26.7. The number of aliphatic hydroxyl groups excluding tert-OH is 1. The van der Waals surface area contributed by atoms with Gasteiger partial charge in [-0.15, -0.1) is 23.7 Å². The number of hydroxylamine groups is 2. The molecule has 80 heavy (non-hydrogen) atoms. The molecule has 3 rings (SSSR count). The number of carboxylic acid groups (broad SMARTS) is 1. The molecule has 7 atom stereocenters. The molecule has 26 heteroatoms. The van der Waals surface area contributed by atoms with E-state index in [1.807, 2.05) is 39.6 Å². The Morgan fingerprint density at radius 3 is 2.09 bits per heavy atom. The number of unbranched alkanes of at least 4 members (excludes halogenated alkanes) is 1. The molecule has 1 aromatic carbocycles. The Labute approximate surface area is 471 Å². The molecule has 0 bridgehead atoms. The first-order chi connectivity index (χ1) is 37.8. The zero-order chi connectivity index (χ0) is 59.7. The van der Waals surface area contributed by atoms with E-state index in [1.165, 1.54) is 31.2 Å². The number of carboxylic acids is 1. The lowest BCUT2D eigenvalue weighted by Gasteiger charge is -2.39. The van der Waals surface area contributed by atoms with Crippen LogP contribution in [0.15, 0.2) is 29.6 Å². The smallest absolute Gasteiger partial charge is 0.309 e. The molecule has 0 unspecified atom stereocenters. The van der Waals surface area contributed by atoms with Gasteiger partial charge in [0.1, 0.15) is 22.8 Å². The second-order valence-corrected chi connectivity index (χ2v) is 21.6. The Morgan fingerprint density at radius 2 is 1.54 bits per heavy atom. The number of carbonyl (C=O) groups is 10. The summed E-state index contributed by atoms with van der Waals surface area (Å²) in [6.07, 6.45) is 8.54. The number of likely N-dealkylation sites (tertiary alicyclic amines) is 1. The molecule has 8 amide bonds. The minimum absolute atomic E-state index is 0.000291. The molecule has 2 aromatic rings. The Morgan fingerprint density at radius 1 is 0.925 bits per heavy atom. The Balaban J connectivity index is 1.74. The number of carbonyl (C=O) groups excluding carboxylic acids is 9. The van der Waals surface area contributed by atoms with Gasteiger partial charge >= 0.3 is 11.9 Å². The van der Waals surface area contributed by atoms with E-state index < -0.39 is 128 Å².